The van der Waals surface area contributed by atoms with Crippen molar-refractivity contribution in [2.24, 2.45) is 0 Å². The normalized spacial score (nSPS) is 21.3. The van der Waals surface area contributed by atoms with Crippen molar-refractivity contribution in [3.05, 3.63) is 70.7 Å². The van der Waals surface area contributed by atoms with Crippen LogP contribution >= 0.6 is 0 Å². The lowest BCUT2D eigenvalue weighted by Crippen LogP contribution is -2.35. The predicted molar refractivity (Wildman–Crippen MR) is 122 cm³/mol. The van der Waals surface area contributed by atoms with Gasteiger partial charge >= 0.3 is 0 Å². The van der Waals surface area contributed by atoms with E-state index >= 15 is 0 Å². The van der Waals surface area contributed by atoms with Gasteiger partial charge in [-0.15, -0.1) is 0 Å². The highest BCUT2D eigenvalue weighted by molar-refractivity contribution is 5.87. The molecule has 0 radical (unpaired) electrons. The Hall–Kier alpha value is -2.66. The Kier molecular flexibility index (Phi) is 5.09. The van der Waals surface area contributed by atoms with Gasteiger partial charge in [0.2, 0.25) is 5.91 Å². The molecule has 31 heavy (non-hydrogen) atoms. The highest BCUT2D eigenvalue weighted by Gasteiger charge is 2.41. The van der Waals surface area contributed by atoms with Gasteiger partial charge in [0, 0.05) is 61.0 Å². The molecule has 2 aliphatic heterocycles. The Labute approximate surface area is 183 Å². The van der Waals surface area contributed by atoms with Gasteiger partial charge in [0.05, 0.1) is 0 Å². The van der Waals surface area contributed by atoms with Crippen LogP contribution in [0.4, 0.5) is 4.39 Å². The molecule has 162 valence electrons. The van der Waals surface area contributed by atoms with Crippen LogP contribution in [0.3, 0.4) is 0 Å². The summed E-state index contributed by atoms with van der Waals surface area (Å²) in [7, 11) is 3.93. The summed E-state index contributed by atoms with van der Waals surface area (Å²) in [6, 6.07) is 14.4. The Morgan fingerprint density at radius 1 is 1.19 bits per heavy atom. The van der Waals surface area contributed by atoms with E-state index in [0.717, 1.165) is 18.5 Å². The van der Waals surface area contributed by atoms with Crippen molar-refractivity contribution in [1.29, 1.82) is 0 Å². The number of benzene rings is 2. The third-order valence-electron chi connectivity index (χ3n) is 7.43. The van der Waals surface area contributed by atoms with Gasteiger partial charge in [-0.2, -0.15) is 0 Å². The van der Waals surface area contributed by atoms with Crippen molar-refractivity contribution in [2.45, 2.75) is 57.2 Å². The zero-order valence-electron chi connectivity index (χ0n) is 18.5. The summed E-state index contributed by atoms with van der Waals surface area (Å²) >= 11 is 0. The number of nitrogens with zero attached hydrogens (tertiary/aromatic N) is 2. The van der Waals surface area contributed by atoms with Gasteiger partial charge in [0.15, 0.2) is 0 Å². The summed E-state index contributed by atoms with van der Waals surface area (Å²) in [4.78, 5) is 14.9. The molecule has 1 amide bonds. The van der Waals surface area contributed by atoms with E-state index in [1.807, 2.05) is 12.1 Å². The zero-order valence-corrected chi connectivity index (χ0v) is 18.5. The molecule has 1 N–H and O–H groups in total. The monoisotopic (exact) mass is 419 g/mol. The van der Waals surface area contributed by atoms with Crippen molar-refractivity contribution in [1.82, 2.24) is 14.8 Å². The van der Waals surface area contributed by atoms with Crippen LogP contribution in [0.2, 0.25) is 0 Å². The molecule has 3 aromatic rings. The van der Waals surface area contributed by atoms with Crippen molar-refractivity contribution < 1.29 is 9.18 Å². The topological polar surface area (TPSA) is 37.3 Å². The summed E-state index contributed by atoms with van der Waals surface area (Å²) in [5, 5.41) is 4.12. The van der Waals surface area contributed by atoms with Gasteiger partial charge in [0.25, 0.3) is 0 Å². The fourth-order valence-corrected chi connectivity index (χ4v) is 5.75. The second-order valence-corrected chi connectivity index (χ2v) is 9.23. The van der Waals surface area contributed by atoms with Crippen molar-refractivity contribution >= 4 is 16.8 Å². The lowest BCUT2D eigenvalue weighted by Gasteiger charge is -2.33. The van der Waals surface area contributed by atoms with Crippen LogP contribution < -0.4 is 5.32 Å². The second kappa shape index (κ2) is 7.79. The Morgan fingerprint density at radius 3 is 2.71 bits per heavy atom. The first-order valence-electron chi connectivity index (χ1n) is 11.3. The molecule has 1 saturated heterocycles. The average molecular weight is 420 g/mol. The molecule has 1 fully saturated rings. The molecule has 2 aromatic carbocycles. The molecule has 3 unspecified atom stereocenters. The first-order chi connectivity index (χ1) is 15.0. The molecule has 0 aliphatic carbocycles. The SMILES string of the molecule is CNC(=O)CC(Cn1c2c(c3cc(C)ccc31)C1CCC(C2)N1C)c1ccc(F)cc1. The molecule has 0 saturated carbocycles. The summed E-state index contributed by atoms with van der Waals surface area (Å²) < 4.78 is 16.0. The van der Waals surface area contributed by atoms with Crippen molar-refractivity contribution in [3.63, 3.8) is 0 Å². The fourth-order valence-electron chi connectivity index (χ4n) is 5.75. The van der Waals surface area contributed by atoms with E-state index in [9.17, 15) is 9.18 Å². The van der Waals surface area contributed by atoms with Gasteiger partial charge in [0.1, 0.15) is 5.82 Å². The maximum atomic E-state index is 13.6. The number of amides is 1. The van der Waals surface area contributed by atoms with Crippen LogP contribution in [-0.2, 0) is 17.8 Å². The number of aromatic nitrogens is 1. The molecule has 3 heterocycles. The Balaban J connectivity index is 1.63. The smallest absolute Gasteiger partial charge is 0.220 e. The van der Waals surface area contributed by atoms with Gasteiger partial charge in [-0.1, -0.05) is 23.8 Å². The number of rotatable bonds is 5. The molecule has 2 bridgehead atoms. The van der Waals surface area contributed by atoms with E-state index in [-0.39, 0.29) is 17.6 Å². The first-order valence-corrected chi connectivity index (χ1v) is 11.3. The largest absolute Gasteiger partial charge is 0.359 e. The molecule has 1 aromatic heterocycles. The molecule has 2 aliphatic rings. The number of hydrogen-bond donors (Lipinski definition) is 1. The molecule has 4 nitrogen and oxygen atoms in total. The summed E-state index contributed by atoms with van der Waals surface area (Å²) in [6.07, 6.45) is 3.88. The van der Waals surface area contributed by atoms with Crippen LogP contribution in [0, 0.1) is 12.7 Å². The minimum absolute atomic E-state index is 0.00954. The van der Waals surface area contributed by atoms with Crippen LogP contribution in [0.5, 0.6) is 0 Å². The highest BCUT2D eigenvalue weighted by Crippen LogP contribution is 2.47. The molecule has 5 rings (SSSR count). The molecule has 5 heteroatoms. The number of aryl methyl sites for hydroxylation is 1. The number of halogens is 1. The van der Waals surface area contributed by atoms with Gasteiger partial charge in [-0.05, 0) is 62.2 Å². The van der Waals surface area contributed by atoms with Gasteiger partial charge in [-0.3, -0.25) is 9.69 Å². The lowest BCUT2D eigenvalue weighted by molar-refractivity contribution is -0.121. The van der Waals surface area contributed by atoms with Crippen LogP contribution in [0.25, 0.3) is 10.9 Å². The van der Waals surface area contributed by atoms with Gasteiger partial charge in [-0.25, -0.2) is 4.39 Å². The van der Waals surface area contributed by atoms with E-state index in [1.165, 1.54) is 52.7 Å². The Morgan fingerprint density at radius 2 is 1.97 bits per heavy atom. The molecule has 3 atom stereocenters. The fraction of sp³-hybridized carbons (Fsp3) is 0.423. The third-order valence-corrected chi connectivity index (χ3v) is 7.43. The summed E-state index contributed by atoms with van der Waals surface area (Å²) in [6.45, 7) is 2.87. The predicted octanol–water partition coefficient (Wildman–Crippen LogP) is 4.70. The second-order valence-electron chi connectivity index (χ2n) is 9.23. The highest BCUT2D eigenvalue weighted by atomic mass is 19.1. The molecular formula is C26H30FN3O. The number of carbonyl (C=O) groups is 1. The van der Waals surface area contributed by atoms with Crippen LogP contribution in [0.1, 0.15) is 53.6 Å². The van der Waals surface area contributed by atoms with Gasteiger partial charge < -0.3 is 9.88 Å². The number of fused-ring (bicyclic) bond motifs is 6. The maximum Gasteiger partial charge on any atom is 0.220 e. The van der Waals surface area contributed by atoms with E-state index in [2.05, 4.69) is 47.0 Å². The number of carbonyl (C=O) groups excluding carboxylic acids is 1. The first kappa shape index (κ1) is 20.3. The van der Waals surface area contributed by atoms with Crippen LogP contribution in [0.15, 0.2) is 42.5 Å². The van der Waals surface area contributed by atoms with E-state index < -0.39 is 0 Å². The Bertz CT molecular complexity index is 1130. The maximum absolute atomic E-state index is 13.6. The quantitative estimate of drug-likeness (QED) is 0.651. The standard InChI is InChI=1S/C26H30FN3O/c1-16-4-10-22-21(12-16)26-23-11-9-20(29(23)3)14-24(26)30(22)15-18(13-25(31)28-2)17-5-7-19(27)8-6-17/h4-8,10,12,18,20,23H,9,11,13-15H2,1-3H3,(H,28,31). The number of nitrogens with one attached hydrogen (secondary N) is 1. The average Bonchev–Trinajstić information content (AvgIpc) is 3.17. The molecule has 0 spiro atoms. The minimum atomic E-state index is -0.249. The zero-order chi connectivity index (χ0) is 21.7. The summed E-state index contributed by atoms with van der Waals surface area (Å²) in [5.74, 6) is -0.254. The van der Waals surface area contributed by atoms with E-state index in [4.69, 9.17) is 0 Å². The number of likely N-dealkylation sites (N-methyl/N-ethyl adjacent to an activating group) is 1. The van der Waals surface area contributed by atoms with E-state index in [1.54, 1.807) is 7.05 Å². The van der Waals surface area contributed by atoms with E-state index in [0.29, 0.717) is 18.5 Å². The summed E-state index contributed by atoms with van der Waals surface area (Å²) in [5.41, 5.74) is 6.43. The molecular weight excluding hydrogens is 389 g/mol. The van der Waals surface area contributed by atoms with Crippen molar-refractivity contribution in [3.8, 4) is 0 Å². The third kappa shape index (κ3) is 3.45. The van der Waals surface area contributed by atoms with Crippen molar-refractivity contribution in [2.75, 3.05) is 14.1 Å². The lowest BCUT2D eigenvalue weighted by atomic mass is 9.94. The minimum Gasteiger partial charge on any atom is -0.359 e. The number of hydrogen-bond acceptors (Lipinski definition) is 2. The van der Waals surface area contributed by atoms with Crippen LogP contribution in [-0.4, -0.2) is 35.5 Å².